The molecule has 5 nitrogen and oxygen atoms in total. The van der Waals surface area contributed by atoms with Crippen molar-refractivity contribution >= 4 is 18.2 Å². The van der Waals surface area contributed by atoms with Gasteiger partial charge in [-0.05, 0) is 25.7 Å². The molecule has 98 valence electrons. The fourth-order valence-corrected chi connectivity index (χ4v) is 1.79. The van der Waals surface area contributed by atoms with Crippen molar-refractivity contribution in [2.45, 2.75) is 39.5 Å². The normalized spacial score (nSPS) is 15.7. The topological polar surface area (TPSA) is 80.7 Å². The Bertz CT molecular complexity index is 287. The highest BCUT2D eigenvalue weighted by Crippen LogP contribution is 2.29. The maximum Gasteiger partial charge on any atom is 0.318 e. The minimum atomic E-state index is -1.17. The maximum atomic E-state index is 11.5. The number of methoxy groups -OCH3 is 1. The van der Waals surface area contributed by atoms with Crippen LogP contribution in [0, 0.1) is 11.3 Å². The summed E-state index contributed by atoms with van der Waals surface area (Å²) in [5, 5.41) is 8.61. The van der Waals surface area contributed by atoms with Gasteiger partial charge in [-0.1, -0.05) is 13.3 Å². The van der Waals surface area contributed by atoms with Crippen molar-refractivity contribution in [2.75, 3.05) is 7.11 Å². The molecule has 2 unspecified atom stereocenters. The number of esters is 1. The number of hydrogen-bond donors (Lipinski definition) is 1. The number of rotatable bonds is 8. The fraction of sp³-hybridized carbons (Fsp3) is 0.750. The van der Waals surface area contributed by atoms with Crippen LogP contribution in [-0.2, 0) is 19.1 Å². The van der Waals surface area contributed by atoms with Crippen molar-refractivity contribution in [3.63, 3.8) is 0 Å². The molecule has 5 heteroatoms. The Morgan fingerprint density at radius 3 is 2.41 bits per heavy atom. The van der Waals surface area contributed by atoms with E-state index in [1.165, 1.54) is 14.0 Å². The van der Waals surface area contributed by atoms with Crippen LogP contribution in [0.25, 0.3) is 0 Å². The summed E-state index contributed by atoms with van der Waals surface area (Å²) in [6.45, 7) is 3.43. The molecule has 0 heterocycles. The third kappa shape index (κ3) is 4.97. The number of aldehydes is 1. The average Bonchev–Trinajstić information content (AvgIpc) is 2.32. The summed E-state index contributed by atoms with van der Waals surface area (Å²) in [7, 11) is 1.24. The zero-order chi connectivity index (χ0) is 13.5. The van der Waals surface area contributed by atoms with E-state index in [1.54, 1.807) is 0 Å². The van der Waals surface area contributed by atoms with Gasteiger partial charge in [-0.3, -0.25) is 9.59 Å². The first-order chi connectivity index (χ1) is 7.89. The second-order valence-corrected chi connectivity index (χ2v) is 4.44. The molecule has 1 N–H and O–H groups in total. The van der Waals surface area contributed by atoms with Crippen molar-refractivity contribution in [1.29, 1.82) is 0 Å². The van der Waals surface area contributed by atoms with E-state index in [0.717, 1.165) is 6.42 Å². The summed E-state index contributed by atoms with van der Waals surface area (Å²) in [6.07, 6.45) is 2.16. The molecule has 0 rings (SSSR count). The van der Waals surface area contributed by atoms with E-state index in [1.807, 2.05) is 6.92 Å². The summed E-state index contributed by atoms with van der Waals surface area (Å²) in [5.41, 5.74) is -1.17. The summed E-state index contributed by atoms with van der Waals surface area (Å²) in [6, 6.07) is 0. The zero-order valence-corrected chi connectivity index (χ0v) is 10.6. The largest absolute Gasteiger partial charge is 0.481 e. The van der Waals surface area contributed by atoms with Gasteiger partial charge < -0.3 is 14.6 Å². The number of ether oxygens (including phenoxy) is 1. The number of carboxylic acid groups (broad SMARTS) is 1. The molecule has 0 aromatic carbocycles. The number of carboxylic acids is 1. The van der Waals surface area contributed by atoms with E-state index in [2.05, 4.69) is 4.74 Å². The lowest BCUT2D eigenvalue weighted by Gasteiger charge is -2.25. The monoisotopic (exact) mass is 244 g/mol. The molecule has 0 spiro atoms. The van der Waals surface area contributed by atoms with E-state index in [4.69, 9.17) is 5.11 Å². The Kier molecular flexibility index (Phi) is 6.46. The molecule has 0 saturated carbocycles. The molecule has 2 atom stereocenters. The standard InChI is InChI=1S/C12H20O5/c1-4-9(5-6-10(14)15)7-12(2,8-13)11(16)17-3/h8-9H,4-7H2,1-3H3,(H,14,15). The molecule has 0 saturated heterocycles. The van der Waals surface area contributed by atoms with Gasteiger partial charge in [0.15, 0.2) is 0 Å². The van der Waals surface area contributed by atoms with E-state index < -0.39 is 17.4 Å². The van der Waals surface area contributed by atoms with Crippen LogP contribution in [0.5, 0.6) is 0 Å². The van der Waals surface area contributed by atoms with E-state index >= 15 is 0 Å². The second kappa shape index (κ2) is 7.04. The Morgan fingerprint density at radius 2 is 2.06 bits per heavy atom. The van der Waals surface area contributed by atoms with Crippen LogP contribution in [0.2, 0.25) is 0 Å². The van der Waals surface area contributed by atoms with Crippen LogP contribution in [-0.4, -0.2) is 30.4 Å². The van der Waals surface area contributed by atoms with Gasteiger partial charge in [0.05, 0.1) is 7.11 Å². The molecule has 0 aliphatic heterocycles. The molecule has 0 fully saturated rings. The van der Waals surface area contributed by atoms with Crippen molar-refractivity contribution in [2.24, 2.45) is 11.3 Å². The lowest BCUT2D eigenvalue weighted by atomic mass is 9.79. The van der Waals surface area contributed by atoms with Crippen molar-refractivity contribution in [3.05, 3.63) is 0 Å². The minimum absolute atomic E-state index is 0.0281. The molecular formula is C12H20O5. The molecule has 0 aliphatic rings. The van der Waals surface area contributed by atoms with Crippen molar-refractivity contribution in [3.8, 4) is 0 Å². The highest BCUT2D eigenvalue weighted by molar-refractivity contribution is 5.92. The maximum absolute atomic E-state index is 11.5. The van der Waals surface area contributed by atoms with Gasteiger partial charge in [0.25, 0.3) is 0 Å². The second-order valence-electron chi connectivity index (χ2n) is 4.44. The van der Waals surface area contributed by atoms with Gasteiger partial charge in [-0.2, -0.15) is 0 Å². The molecular weight excluding hydrogens is 224 g/mol. The molecule has 0 aromatic rings. The number of carbonyl (C=O) groups is 3. The number of hydrogen-bond acceptors (Lipinski definition) is 4. The lowest BCUT2D eigenvalue weighted by Crippen LogP contribution is -2.33. The smallest absolute Gasteiger partial charge is 0.318 e. The summed E-state index contributed by atoms with van der Waals surface area (Å²) < 4.78 is 4.59. The van der Waals surface area contributed by atoms with Gasteiger partial charge in [0, 0.05) is 6.42 Å². The highest BCUT2D eigenvalue weighted by Gasteiger charge is 2.36. The predicted molar refractivity (Wildman–Crippen MR) is 61.5 cm³/mol. The van der Waals surface area contributed by atoms with Crippen LogP contribution in [0.3, 0.4) is 0 Å². The van der Waals surface area contributed by atoms with E-state index in [0.29, 0.717) is 19.1 Å². The third-order valence-electron chi connectivity index (χ3n) is 2.97. The predicted octanol–water partition coefficient (Wildman–Crippen LogP) is 1.65. The molecule has 0 amide bonds. The Labute approximate surface area is 101 Å². The van der Waals surface area contributed by atoms with Gasteiger partial charge in [-0.15, -0.1) is 0 Å². The van der Waals surface area contributed by atoms with E-state index in [9.17, 15) is 14.4 Å². The quantitative estimate of drug-likeness (QED) is 0.399. The van der Waals surface area contributed by atoms with Crippen molar-refractivity contribution in [1.82, 2.24) is 0 Å². The molecule has 0 aromatic heterocycles. The van der Waals surface area contributed by atoms with Crippen LogP contribution in [0.4, 0.5) is 0 Å². The summed E-state index contributed by atoms with van der Waals surface area (Å²) in [5.74, 6) is -1.41. The van der Waals surface area contributed by atoms with Gasteiger partial charge >= 0.3 is 11.9 Å². The first kappa shape index (κ1) is 15.6. The SMILES string of the molecule is CCC(CCC(=O)O)CC(C)(C=O)C(=O)OC. The zero-order valence-electron chi connectivity index (χ0n) is 10.6. The minimum Gasteiger partial charge on any atom is -0.481 e. The first-order valence-corrected chi connectivity index (χ1v) is 5.66. The summed E-state index contributed by atoms with van der Waals surface area (Å²) >= 11 is 0. The average molecular weight is 244 g/mol. The van der Waals surface area contributed by atoms with Gasteiger partial charge in [0.2, 0.25) is 0 Å². The first-order valence-electron chi connectivity index (χ1n) is 5.66. The summed E-state index contributed by atoms with van der Waals surface area (Å²) in [4.78, 5) is 33.0. The van der Waals surface area contributed by atoms with Crippen molar-refractivity contribution < 1.29 is 24.2 Å². The van der Waals surface area contributed by atoms with Gasteiger partial charge in [0.1, 0.15) is 11.7 Å². The Balaban J connectivity index is 4.55. The fourth-order valence-electron chi connectivity index (χ4n) is 1.79. The van der Waals surface area contributed by atoms with Gasteiger partial charge in [-0.25, -0.2) is 0 Å². The number of carbonyl (C=O) groups excluding carboxylic acids is 2. The van der Waals surface area contributed by atoms with Crippen LogP contribution >= 0.6 is 0 Å². The highest BCUT2D eigenvalue weighted by atomic mass is 16.5. The third-order valence-corrected chi connectivity index (χ3v) is 2.97. The van der Waals surface area contributed by atoms with E-state index in [-0.39, 0.29) is 12.3 Å². The molecule has 17 heavy (non-hydrogen) atoms. The number of aliphatic carboxylic acids is 1. The molecule has 0 aliphatic carbocycles. The van der Waals surface area contributed by atoms with Crippen LogP contribution in [0.15, 0.2) is 0 Å². The van der Waals surface area contributed by atoms with Crippen LogP contribution < -0.4 is 0 Å². The molecule has 0 bridgehead atoms. The lowest BCUT2D eigenvalue weighted by molar-refractivity contribution is -0.154. The Morgan fingerprint density at radius 1 is 1.47 bits per heavy atom. The molecule has 0 radical (unpaired) electrons. The van der Waals surface area contributed by atoms with Crippen LogP contribution in [0.1, 0.15) is 39.5 Å². The Hall–Kier alpha value is -1.39.